The standard InChI is InChI=1S/C37H38N4O6S/c1-39-31-22-32(37(43)44)48-36(31)34(25-5-3-2-4-6-25)35(39)26-7-10-29(11-8-26)47-24-27-21-28(9-12-30(27)41-15-19-46-20-16-41)38-33(42)23-40-13-17-45-18-14-40/h2-12,21-22H,13-20,23-24H2,1H3,(H,38,42)(H,43,44). The first-order valence-corrected chi connectivity index (χ1v) is 17.0. The predicted molar refractivity (Wildman–Crippen MR) is 188 cm³/mol. The molecule has 2 aliphatic rings. The van der Waals surface area contributed by atoms with Gasteiger partial charge < -0.3 is 34.1 Å². The van der Waals surface area contributed by atoms with E-state index < -0.39 is 5.97 Å². The highest BCUT2D eigenvalue weighted by Gasteiger charge is 2.23. The third kappa shape index (κ3) is 6.81. The van der Waals surface area contributed by atoms with Crippen molar-refractivity contribution in [3.05, 3.63) is 89.3 Å². The van der Waals surface area contributed by atoms with Crippen LogP contribution in [-0.4, -0.2) is 85.6 Å². The number of aryl methyl sites for hydroxylation is 1. The second-order valence-electron chi connectivity index (χ2n) is 12.0. The lowest BCUT2D eigenvalue weighted by Crippen LogP contribution is -2.41. The number of fused-ring (bicyclic) bond motifs is 1. The number of carboxylic acids is 1. The number of hydrogen-bond acceptors (Lipinski definition) is 8. The van der Waals surface area contributed by atoms with E-state index in [4.69, 9.17) is 14.2 Å². The fourth-order valence-corrected chi connectivity index (χ4v) is 7.54. The van der Waals surface area contributed by atoms with Crippen molar-refractivity contribution in [2.45, 2.75) is 6.61 Å². The molecule has 0 bridgehead atoms. The number of anilines is 2. The van der Waals surface area contributed by atoms with Crippen LogP contribution >= 0.6 is 11.3 Å². The minimum absolute atomic E-state index is 0.0481. The highest BCUT2D eigenvalue weighted by atomic mass is 32.1. The van der Waals surface area contributed by atoms with Gasteiger partial charge in [0.15, 0.2) is 0 Å². The number of carbonyl (C=O) groups is 2. The third-order valence-corrected chi connectivity index (χ3v) is 9.98. The van der Waals surface area contributed by atoms with Gasteiger partial charge in [0, 0.05) is 55.7 Å². The summed E-state index contributed by atoms with van der Waals surface area (Å²) < 4.78 is 20.4. The summed E-state index contributed by atoms with van der Waals surface area (Å²) in [6.07, 6.45) is 0. The minimum atomic E-state index is -0.920. The molecule has 0 saturated carbocycles. The fourth-order valence-electron chi connectivity index (χ4n) is 6.45. The molecule has 2 N–H and O–H groups in total. The summed E-state index contributed by atoms with van der Waals surface area (Å²) in [6.45, 7) is 6.37. The van der Waals surface area contributed by atoms with Crippen LogP contribution < -0.4 is 15.0 Å². The van der Waals surface area contributed by atoms with Crippen LogP contribution in [0.2, 0.25) is 0 Å². The summed E-state index contributed by atoms with van der Waals surface area (Å²) in [5, 5.41) is 12.7. The molecular weight excluding hydrogens is 628 g/mol. The molecule has 2 saturated heterocycles. The van der Waals surface area contributed by atoms with Crippen molar-refractivity contribution in [2.75, 3.05) is 69.4 Å². The monoisotopic (exact) mass is 666 g/mol. The average Bonchev–Trinajstić information content (AvgIpc) is 3.67. The van der Waals surface area contributed by atoms with E-state index in [1.165, 1.54) is 11.3 Å². The lowest BCUT2D eigenvalue weighted by Gasteiger charge is -2.31. The molecule has 10 nitrogen and oxygen atoms in total. The number of carbonyl (C=O) groups excluding carboxylic acids is 1. The van der Waals surface area contributed by atoms with E-state index >= 15 is 0 Å². The van der Waals surface area contributed by atoms with Crippen LogP contribution in [0.15, 0.2) is 78.9 Å². The number of benzene rings is 3. The van der Waals surface area contributed by atoms with E-state index in [1.54, 1.807) is 6.07 Å². The highest BCUT2D eigenvalue weighted by molar-refractivity contribution is 7.21. The zero-order valence-electron chi connectivity index (χ0n) is 26.8. The molecule has 1 amide bonds. The Hall–Kier alpha value is -4.68. The van der Waals surface area contributed by atoms with E-state index in [0.717, 1.165) is 81.5 Å². The van der Waals surface area contributed by atoms with Crippen molar-refractivity contribution in [1.29, 1.82) is 0 Å². The van der Waals surface area contributed by atoms with Gasteiger partial charge in [0.25, 0.3) is 0 Å². The zero-order chi connectivity index (χ0) is 33.0. The summed E-state index contributed by atoms with van der Waals surface area (Å²) in [7, 11) is 1.98. The van der Waals surface area contributed by atoms with Gasteiger partial charge in [-0.3, -0.25) is 9.69 Å². The number of hydrogen-bond donors (Lipinski definition) is 2. The van der Waals surface area contributed by atoms with Crippen molar-refractivity contribution in [1.82, 2.24) is 9.47 Å². The smallest absolute Gasteiger partial charge is 0.345 e. The topological polar surface area (TPSA) is 106 Å². The molecule has 7 rings (SSSR count). The van der Waals surface area contributed by atoms with Gasteiger partial charge in [-0.2, -0.15) is 0 Å². The van der Waals surface area contributed by atoms with Gasteiger partial charge in [-0.1, -0.05) is 30.3 Å². The van der Waals surface area contributed by atoms with E-state index in [9.17, 15) is 14.7 Å². The average molecular weight is 667 g/mol. The van der Waals surface area contributed by atoms with Gasteiger partial charge in [0.1, 0.15) is 17.2 Å². The van der Waals surface area contributed by atoms with Crippen molar-refractivity contribution >= 4 is 44.8 Å². The molecule has 0 atom stereocenters. The van der Waals surface area contributed by atoms with Gasteiger partial charge in [-0.25, -0.2) is 4.79 Å². The summed E-state index contributed by atoms with van der Waals surface area (Å²) in [4.78, 5) is 29.4. The number of morpholine rings is 2. The molecule has 0 radical (unpaired) electrons. The van der Waals surface area contributed by atoms with Crippen LogP contribution in [0.4, 0.5) is 11.4 Å². The van der Waals surface area contributed by atoms with Gasteiger partial charge in [-0.05, 0) is 59.7 Å². The lowest BCUT2D eigenvalue weighted by atomic mass is 10.0. The molecule has 2 aliphatic heterocycles. The van der Waals surface area contributed by atoms with E-state index in [2.05, 4.69) is 37.9 Å². The Bertz CT molecular complexity index is 1910. The van der Waals surface area contributed by atoms with Crippen molar-refractivity contribution in [3.63, 3.8) is 0 Å². The molecule has 11 heteroatoms. The fraction of sp³-hybridized carbons (Fsp3) is 0.297. The first-order chi connectivity index (χ1) is 23.4. The molecule has 248 valence electrons. The van der Waals surface area contributed by atoms with Crippen LogP contribution in [0.5, 0.6) is 5.75 Å². The number of amides is 1. The van der Waals surface area contributed by atoms with Crippen molar-refractivity contribution in [2.24, 2.45) is 7.05 Å². The Morgan fingerprint density at radius 1 is 0.875 bits per heavy atom. The Morgan fingerprint density at radius 3 is 2.29 bits per heavy atom. The zero-order valence-corrected chi connectivity index (χ0v) is 27.6. The molecular formula is C37H38N4O6S. The second kappa shape index (κ2) is 14.2. The quantitative estimate of drug-likeness (QED) is 0.188. The Balaban J connectivity index is 1.13. The summed E-state index contributed by atoms with van der Waals surface area (Å²) in [5.41, 5.74) is 7.74. The van der Waals surface area contributed by atoms with Crippen LogP contribution in [-0.2, 0) is 27.9 Å². The molecule has 2 fully saturated rings. The Kier molecular flexibility index (Phi) is 9.44. The molecule has 0 aliphatic carbocycles. The van der Waals surface area contributed by atoms with Gasteiger partial charge in [-0.15, -0.1) is 11.3 Å². The van der Waals surface area contributed by atoms with E-state index in [1.807, 2.05) is 61.6 Å². The summed E-state index contributed by atoms with van der Waals surface area (Å²) in [5.74, 6) is -0.247. The number of nitrogens with zero attached hydrogens (tertiary/aromatic N) is 3. The molecule has 48 heavy (non-hydrogen) atoms. The van der Waals surface area contributed by atoms with Crippen LogP contribution in [0, 0.1) is 0 Å². The molecule has 5 aromatic rings. The molecule has 0 spiro atoms. The maximum atomic E-state index is 12.9. The number of carboxylic acid groups (broad SMARTS) is 1. The maximum absolute atomic E-state index is 12.9. The van der Waals surface area contributed by atoms with Gasteiger partial charge in [0.2, 0.25) is 5.91 Å². The summed E-state index contributed by atoms with van der Waals surface area (Å²) >= 11 is 1.30. The minimum Gasteiger partial charge on any atom is -0.489 e. The normalized spacial score (nSPS) is 15.5. The van der Waals surface area contributed by atoms with E-state index in [0.29, 0.717) is 44.5 Å². The number of aromatic carboxylic acids is 1. The first-order valence-electron chi connectivity index (χ1n) is 16.1. The Morgan fingerprint density at radius 2 is 1.58 bits per heavy atom. The van der Waals surface area contributed by atoms with Crippen LogP contribution in [0.25, 0.3) is 32.6 Å². The number of aromatic nitrogens is 1. The third-order valence-electron chi connectivity index (χ3n) is 8.85. The lowest BCUT2D eigenvalue weighted by molar-refractivity contribution is -0.118. The molecule has 0 unspecified atom stereocenters. The number of rotatable bonds is 10. The van der Waals surface area contributed by atoms with Crippen molar-refractivity contribution < 1.29 is 28.9 Å². The van der Waals surface area contributed by atoms with Crippen LogP contribution in [0.1, 0.15) is 15.2 Å². The molecule has 2 aromatic heterocycles. The van der Waals surface area contributed by atoms with E-state index in [-0.39, 0.29) is 5.91 Å². The maximum Gasteiger partial charge on any atom is 0.345 e. The van der Waals surface area contributed by atoms with Gasteiger partial charge >= 0.3 is 5.97 Å². The first kappa shape index (κ1) is 31.9. The van der Waals surface area contributed by atoms with Gasteiger partial charge in [0.05, 0.1) is 48.9 Å². The largest absolute Gasteiger partial charge is 0.489 e. The Labute approximate surface area is 283 Å². The number of ether oxygens (including phenoxy) is 3. The SMILES string of the molecule is Cn1c(-c2ccc(OCc3cc(NC(=O)CN4CCOCC4)ccc3N3CCOCC3)cc2)c(-c2ccccc2)c2sc(C(=O)O)cc21. The second-order valence-corrected chi connectivity index (χ2v) is 13.0. The highest BCUT2D eigenvalue weighted by Crippen LogP contribution is 2.44. The molecule has 4 heterocycles. The van der Waals surface area contributed by atoms with Crippen molar-refractivity contribution in [3.8, 4) is 28.1 Å². The molecule has 3 aromatic carbocycles. The summed E-state index contributed by atoms with van der Waals surface area (Å²) in [6, 6.07) is 25.9. The van der Waals surface area contributed by atoms with Crippen LogP contribution in [0.3, 0.4) is 0 Å². The predicted octanol–water partition coefficient (Wildman–Crippen LogP) is 5.96. The number of nitrogens with one attached hydrogen (secondary N) is 1. The number of thiophene rings is 1.